The summed E-state index contributed by atoms with van der Waals surface area (Å²) in [7, 11) is 0. The van der Waals surface area contributed by atoms with Gasteiger partial charge in [0, 0.05) is 10.7 Å². The Morgan fingerprint density at radius 1 is 1.04 bits per heavy atom. The number of rotatable bonds is 4. The zero-order valence-electron chi connectivity index (χ0n) is 12.7. The number of hydrogen-bond donors (Lipinski definition) is 1. The molecule has 0 aromatic heterocycles. The fraction of sp³-hybridized carbons (Fsp3) is 0.105. The smallest absolute Gasteiger partial charge is 0.262 e. The van der Waals surface area contributed by atoms with Crippen LogP contribution in [0.5, 0.6) is 5.75 Å². The Hall–Kier alpha value is -2.52. The van der Waals surface area contributed by atoms with Gasteiger partial charge in [-0.2, -0.15) is 0 Å². The molecule has 1 amide bonds. The van der Waals surface area contributed by atoms with Crippen molar-refractivity contribution >= 4 is 34.0 Å². The summed E-state index contributed by atoms with van der Waals surface area (Å²) in [6, 6.07) is 19.2. The summed E-state index contributed by atoms with van der Waals surface area (Å²) in [6.07, 6.45) is 0. The van der Waals surface area contributed by atoms with E-state index in [2.05, 4.69) is 5.32 Å². The summed E-state index contributed by atoms with van der Waals surface area (Å²) in [5, 5.41) is 5.61. The predicted octanol–water partition coefficient (Wildman–Crippen LogP) is 4.82. The Bertz CT molecular complexity index is 861. The van der Waals surface area contributed by atoms with Gasteiger partial charge in [-0.1, -0.05) is 48.0 Å². The minimum absolute atomic E-state index is 0.0513. The second-order valence-electron chi connectivity index (χ2n) is 5.31. The topological polar surface area (TPSA) is 38.3 Å². The number of anilines is 1. The van der Waals surface area contributed by atoms with Crippen molar-refractivity contribution in [1.82, 2.24) is 0 Å². The van der Waals surface area contributed by atoms with Crippen LogP contribution in [0.15, 0.2) is 60.7 Å². The maximum Gasteiger partial charge on any atom is 0.262 e. The van der Waals surface area contributed by atoms with Gasteiger partial charge < -0.3 is 10.1 Å². The van der Waals surface area contributed by atoms with E-state index < -0.39 is 0 Å². The lowest BCUT2D eigenvalue weighted by atomic mass is 10.1. The first-order valence-electron chi connectivity index (χ1n) is 7.29. The fourth-order valence-corrected chi connectivity index (χ4v) is 2.49. The number of amides is 1. The Morgan fingerprint density at radius 3 is 2.65 bits per heavy atom. The van der Waals surface area contributed by atoms with Crippen LogP contribution in [0.25, 0.3) is 10.8 Å². The van der Waals surface area contributed by atoms with Crippen molar-refractivity contribution in [2.45, 2.75) is 6.92 Å². The Kier molecular flexibility index (Phi) is 4.49. The van der Waals surface area contributed by atoms with Crippen LogP contribution in [-0.2, 0) is 4.79 Å². The molecular formula is C19H16ClNO2. The van der Waals surface area contributed by atoms with Crippen molar-refractivity contribution in [3.05, 3.63) is 71.2 Å². The zero-order chi connectivity index (χ0) is 16.2. The third-order valence-electron chi connectivity index (χ3n) is 3.56. The van der Waals surface area contributed by atoms with Crippen LogP contribution in [0.2, 0.25) is 5.02 Å². The number of fused-ring (bicyclic) bond motifs is 1. The zero-order valence-corrected chi connectivity index (χ0v) is 13.4. The first-order chi connectivity index (χ1) is 11.1. The molecule has 3 aromatic carbocycles. The van der Waals surface area contributed by atoms with Gasteiger partial charge in [0.2, 0.25) is 0 Å². The van der Waals surface area contributed by atoms with E-state index >= 15 is 0 Å². The second kappa shape index (κ2) is 6.71. The molecular weight excluding hydrogens is 310 g/mol. The van der Waals surface area contributed by atoms with E-state index in [0.29, 0.717) is 16.5 Å². The van der Waals surface area contributed by atoms with Gasteiger partial charge in [-0.15, -0.1) is 0 Å². The maximum atomic E-state index is 12.0. The van der Waals surface area contributed by atoms with Crippen LogP contribution >= 0.6 is 11.6 Å². The van der Waals surface area contributed by atoms with Gasteiger partial charge in [0.1, 0.15) is 5.75 Å². The molecule has 0 saturated carbocycles. The van der Waals surface area contributed by atoms with Gasteiger partial charge in [0.15, 0.2) is 6.61 Å². The van der Waals surface area contributed by atoms with Gasteiger partial charge in [0.25, 0.3) is 5.91 Å². The molecule has 0 fully saturated rings. The number of halogens is 1. The molecule has 3 nitrogen and oxygen atoms in total. The van der Waals surface area contributed by atoms with Gasteiger partial charge in [-0.3, -0.25) is 4.79 Å². The Morgan fingerprint density at radius 2 is 1.83 bits per heavy atom. The molecule has 0 saturated heterocycles. The van der Waals surface area contributed by atoms with Gasteiger partial charge in [-0.25, -0.2) is 0 Å². The highest BCUT2D eigenvalue weighted by atomic mass is 35.5. The number of ether oxygens (including phenoxy) is 1. The Labute approximate surface area is 139 Å². The van der Waals surface area contributed by atoms with Crippen molar-refractivity contribution in [1.29, 1.82) is 0 Å². The van der Waals surface area contributed by atoms with Gasteiger partial charge in [0.05, 0.1) is 0 Å². The van der Waals surface area contributed by atoms with Gasteiger partial charge >= 0.3 is 0 Å². The molecule has 3 aromatic rings. The van der Waals surface area contributed by atoms with E-state index in [4.69, 9.17) is 16.3 Å². The molecule has 0 unspecified atom stereocenters. The fourth-order valence-electron chi connectivity index (χ4n) is 2.32. The van der Waals surface area contributed by atoms with Gasteiger partial charge in [-0.05, 0) is 47.5 Å². The molecule has 0 aliphatic rings. The monoisotopic (exact) mass is 325 g/mol. The first-order valence-corrected chi connectivity index (χ1v) is 7.67. The molecule has 0 bridgehead atoms. The molecule has 0 spiro atoms. The second-order valence-corrected chi connectivity index (χ2v) is 5.74. The SMILES string of the molecule is Cc1ccc(Cl)cc1NC(=O)COc1ccc2ccccc2c1. The average molecular weight is 326 g/mol. The van der Waals surface area contributed by atoms with Crippen LogP contribution in [-0.4, -0.2) is 12.5 Å². The number of aryl methyl sites for hydroxylation is 1. The highest BCUT2D eigenvalue weighted by molar-refractivity contribution is 6.31. The standard InChI is InChI=1S/C19H16ClNO2/c1-13-6-8-16(20)11-18(13)21-19(22)12-23-17-9-7-14-4-2-3-5-15(14)10-17/h2-11H,12H2,1H3,(H,21,22). The van der Waals surface area contributed by atoms with E-state index in [9.17, 15) is 4.79 Å². The molecule has 0 aliphatic heterocycles. The van der Waals surface area contributed by atoms with Crippen molar-refractivity contribution in [3.63, 3.8) is 0 Å². The van der Waals surface area contributed by atoms with Crippen LogP contribution in [0, 0.1) is 6.92 Å². The normalized spacial score (nSPS) is 10.5. The van der Waals surface area contributed by atoms with Crippen molar-refractivity contribution in [3.8, 4) is 5.75 Å². The summed E-state index contributed by atoms with van der Waals surface area (Å²) in [5.41, 5.74) is 1.65. The summed E-state index contributed by atoms with van der Waals surface area (Å²) in [5.74, 6) is 0.449. The average Bonchev–Trinajstić information content (AvgIpc) is 2.56. The van der Waals surface area contributed by atoms with Crippen LogP contribution in [0.3, 0.4) is 0 Å². The number of nitrogens with one attached hydrogen (secondary N) is 1. The lowest BCUT2D eigenvalue weighted by Gasteiger charge is -2.10. The van der Waals surface area contributed by atoms with Crippen molar-refractivity contribution < 1.29 is 9.53 Å². The lowest BCUT2D eigenvalue weighted by Crippen LogP contribution is -2.20. The van der Waals surface area contributed by atoms with Crippen molar-refractivity contribution in [2.75, 3.05) is 11.9 Å². The molecule has 0 atom stereocenters. The van der Waals surface area contributed by atoms with E-state index in [1.165, 1.54) is 0 Å². The minimum atomic E-state index is -0.219. The third kappa shape index (κ3) is 3.82. The number of carbonyl (C=O) groups excluding carboxylic acids is 1. The molecule has 4 heteroatoms. The van der Waals surface area contributed by atoms with Crippen molar-refractivity contribution in [2.24, 2.45) is 0 Å². The predicted molar refractivity (Wildman–Crippen MR) is 94.3 cm³/mol. The highest BCUT2D eigenvalue weighted by Crippen LogP contribution is 2.22. The molecule has 0 heterocycles. The first kappa shape index (κ1) is 15.4. The van der Waals surface area contributed by atoms with Crippen LogP contribution in [0.1, 0.15) is 5.56 Å². The van der Waals surface area contributed by atoms with E-state index in [1.54, 1.807) is 12.1 Å². The van der Waals surface area contributed by atoms with E-state index in [0.717, 1.165) is 16.3 Å². The quantitative estimate of drug-likeness (QED) is 0.747. The maximum absolute atomic E-state index is 12.0. The number of hydrogen-bond acceptors (Lipinski definition) is 2. The summed E-state index contributed by atoms with van der Waals surface area (Å²) in [6.45, 7) is 1.86. The van der Waals surface area contributed by atoms with Crippen LogP contribution < -0.4 is 10.1 Å². The summed E-state index contributed by atoms with van der Waals surface area (Å²) >= 11 is 5.95. The molecule has 0 aliphatic carbocycles. The number of benzene rings is 3. The summed E-state index contributed by atoms with van der Waals surface area (Å²) < 4.78 is 5.57. The molecule has 116 valence electrons. The largest absolute Gasteiger partial charge is 0.484 e. The van der Waals surface area contributed by atoms with Crippen LogP contribution in [0.4, 0.5) is 5.69 Å². The Balaban J connectivity index is 1.64. The highest BCUT2D eigenvalue weighted by Gasteiger charge is 2.07. The van der Waals surface area contributed by atoms with E-state index in [-0.39, 0.29) is 12.5 Å². The molecule has 3 rings (SSSR count). The molecule has 23 heavy (non-hydrogen) atoms. The van der Waals surface area contributed by atoms with E-state index in [1.807, 2.05) is 55.5 Å². The minimum Gasteiger partial charge on any atom is -0.484 e. The summed E-state index contributed by atoms with van der Waals surface area (Å²) in [4.78, 5) is 12.0. The molecule has 0 radical (unpaired) electrons. The third-order valence-corrected chi connectivity index (χ3v) is 3.80. The lowest BCUT2D eigenvalue weighted by molar-refractivity contribution is -0.118. The number of carbonyl (C=O) groups is 1. The molecule has 1 N–H and O–H groups in total.